The molecule has 1 saturated heterocycles. The molecule has 8 nitrogen and oxygen atoms in total. The minimum Gasteiger partial charge on any atom is -0.455 e. The van der Waals surface area contributed by atoms with Gasteiger partial charge in [-0.1, -0.05) is 6.07 Å². The summed E-state index contributed by atoms with van der Waals surface area (Å²) in [5.74, 6) is -0.132. The van der Waals surface area contributed by atoms with Crippen molar-refractivity contribution in [3.05, 3.63) is 65.8 Å². The first kappa shape index (κ1) is 22.7. The first-order valence-corrected chi connectivity index (χ1v) is 13.3. The summed E-state index contributed by atoms with van der Waals surface area (Å²) in [7, 11) is -7.85. The van der Waals surface area contributed by atoms with E-state index >= 15 is 0 Å². The molecule has 1 aromatic heterocycles. The Morgan fingerprint density at radius 3 is 2.38 bits per heavy atom. The maximum absolute atomic E-state index is 13.2. The minimum absolute atomic E-state index is 0.0583. The van der Waals surface area contributed by atoms with E-state index in [2.05, 4.69) is 4.72 Å². The van der Waals surface area contributed by atoms with Gasteiger partial charge in [-0.25, -0.2) is 21.2 Å². The Morgan fingerprint density at radius 2 is 1.72 bits per heavy atom. The highest BCUT2D eigenvalue weighted by molar-refractivity contribution is 7.94. The smallest absolute Gasteiger partial charge is 0.271 e. The molecule has 0 atom stereocenters. The number of morpholine rings is 1. The molecule has 32 heavy (non-hydrogen) atoms. The van der Waals surface area contributed by atoms with Crippen LogP contribution in [0.15, 0.2) is 69.1 Å². The first-order valence-electron chi connectivity index (χ1n) is 9.47. The van der Waals surface area contributed by atoms with E-state index in [1.807, 2.05) is 0 Å². The molecule has 1 N–H and O–H groups in total. The van der Waals surface area contributed by atoms with Gasteiger partial charge in [0.2, 0.25) is 10.0 Å². The van der Waals surface area contributed by atoms with Crippen molar-refractivity contribution in [1.82, 2.24) is 4.31 Å². The molecule has 2 heterocycles. The number of ether oxygens (including phenoxy) is 2. The van der Waals surface area contributed by atoms with E-state index in [0.717, 1.165) is 11.3 Å². The van der Waals surface area contributed by atoms with Gasteiger partial charge in [0.05, 0.1) is 23.8 Å². The third kappa shape index (κ3) is 4.94. The maximum atomic E-state index is 13.2. The predicted molar refractivity (Wildman–Crippen MR) is 118 cm³/mol. The molecule has 12 heteroatoms. The zero-order valence-electron chi connectivity index (χ0n) is 16.6. The van der Waals surface area contributed by atoms with Crippen molar-refractivity contribution in [3.63, 3.8) is 0 Å². The SMILES string of the molecule is O=S(=O)(Nc1cc(S(=O)(=O)N2CCOCC2)ccc1Oc1ccc(F)cc1)c1cccs1. The number of benzene rings is 2. The zero-order valence-corrected chi connectivity index (χ0v) is 19.1. The summed E-state index contributed by atoms with van der Waals surface area (Å²) in [5, 5.41) is 1.61. The Morgan fingerprint density at radius 1 is 1.00 bits per heavy atom. The van der Waals surface area contributed by atoms with Crippen molar-refractivity contribution in [1.29, 1.82) is 0 Å². The Hall–Kier alpha value is -2.51. The fraction of sp³-hybridized carbons (Fsp3) is 0.200. The van der Waals surface area contributed by atoms with E-state index in [9.17, 15) is 21.2 Å². The van der Waals surface area contributed by atoms with Crippen LogP contribution in [0, 0.1) is 5.82 Å². The van der Waals surface area contributed by atoms with Crippen LogP contribution in [-0.4, -0.2) is 47.4 Å². The number of halogens is 1. The lowest BCUT2D eigenvalue weighted by Gasteiger charge is -2.26. The van der Waals surface area contributed by atoms with Crippen LogP contribution in [0.1, 0.15) is 0 Å². The largest absolute Gasteiger partial charge is 0.455 e. The molecular formula is C20H19FN2O6S3. The molecule has 0 radical (unpaired) electrons. The number of sulfonamides is 2. The average Bonchev–Trinajstić information content (AvgIpc) is 3.33. The van der Waals surface area contributed by atoms with Gasteiger partial charge in [0.1, 0.15) is 15.8 Å². The van der Waals surface area contributed by atoms with Gasteiger partial charge in [-0.05, 0) is 53.9 Å². The van der Waals surface area contributed by atoms with Gasteiger partial charge in [0.15, 0.2) is 5.75 Å². The van der Waals surface area contributed by atoms with Gasteiger partial charge in [-0.2, -0.15) is 4.31 Å². The van der Waals surface area contributed by atoms with Crippen LogP contribution in [0.5, 0.6) is 11.5 Å². The maximum Gasteiger partial charge on any atom is 0.271 e. The predicted octanol–water partition coefficient (Wildman–Crippen LogP) is 3.50. The van der Waals surface area contributed by atoms with Gasteiger partial charge in [0, 0.05) is 13.1 Å². The van der Waals surface area contributed by atoms with E-state index < -0.39 is 25.9 Å². The highest BCUT2D eigenvalue weighted by atomic mass is 32.2. The van der Waals surface area contributed by atoms with Crippen LogP contribution in [0.25, 0.3) is 0 Å². The lowest BCUT2D eigenvalue weighted by atomic mass is 10.3. The molecule has 0 unspecified atom stereocenters. The number of thiophene rings is 1. The van der Waals surface area contributed by atoms with Crippen molar-refractivity contribution in [2.24, 2.45) is 0 Å². The highest BCUT2D eigenvalue weighted by Gasteiger charge is 2.28. The highest BCUT2D eigenvalue weighted by Crippen LogP contribution is 2.35. The van der Waals surface area contributed by atoms with E-state index in [-0.39, 0.29) is 52.6 Å². The Balaban J connectivity index is 1.73. The van der Waals surface area contributed by atoms with E-state index in [4.69, 9.17) is 9.47 Å². The quantitative estimate of drug-likeness (QED) is 0.535. The number of hydrogen-bond acceptors (Lipinski definition) is 7. The normalized spacial score (nSPS) is 15.4. The van der Waals surface area contributed by atoms with Crippen molar-refractivity contribution < 1.29 is 30.7 Å². The summed E-state index contributed by atoms with van der Waals surface area (Å²) in [6.45, 7) is 0.963. The first-order chi connectivity index (χ1) is 15.3. The Bertz CT molecular complexity index is 1290. The third-order valence-electron chi connectivity index (χ3n) is 4.60. The Kier molecular flexibility index (Phi) is 6.49. The van der Waals surface area contributed by atoms with Crippen molar-refractivity contribution in [3.8, 4) is 11.5 Å². The number of anilines is 1. The standard InChI is InChI=1S/C20H19FN2O6S3/c21-15-3-5-16(6-4-15)29-19-8-7-17(32(26,27)23-9-11-28-12-10-23)14-18(19)22-31(24,25)20-2-1-13-30-20/h1-8,13-14,22H,9-12H2. The fourth-order valence-electron chi connectivity index (χ4n) is 3.02. The van der Waals surface area contributed by atoms with Crippen LogP contribution in [-0.2, 0) is 24.8 Å². The third-order valence-corrected chi connectivity index (χ3v) is 9.26. The number of rotatable bonds is 7. The van der Waals surface area contributed by atoms with Gasteiger partial charge < -0.3 is 9.47 Å². The lowest BCUT2D eigenvalue weighted by Crippen LogP contribution is -2.40. The number of hydrogen-bond donors (Lipinski definition) is 1. The molecule has 1 aliphatic rings. The molecule has 0 amide bonds. The lowest BCUT2D eigenvalue weighted by molar-refractivity contribution is 0.0730. The van der Waals surface area contributed by atoms with Gasteiger partial charge in [-0.15, -0.1) is 11.3 Å². The van der Waals surface area contributed by atoms with E-state index in [0.29, 0.717) is 0 Å². The van der Waals surface area contributed by atoms with Crippen molar-refractivity contribution in [2.45, 2.75) is 9.10 Å². The number of nitrogens with one attached hydrogen (secondary N) is 1. The van der Waals surface area contributed by atoms with Crippen LogP contribution in [0.3, 0.4) is 0 Å². The minimum atomic E-state index is -3.98. The molecule has 1 aliphatic heterocycles. The zero-order chi connectivity index (χ0) is 22.8. The molecule has 0 spiro atoms. The summed E-state index contributed by atoms with van der Waals surface area (Å²) in [5.41, 5.74) is -0.0583. The summed E-state index contributed by atoms with van der Waals surface area (Å²) in [6, 6.07) is 12.1. The number of nitrogens with zero attached hydrogens (tertiary/aromatic N) is 1. The van der Waals surface area contributed by atoms with E-state index in [1.165, 1.54) is 52.8 Å². The molecule has 0 saturated carbocycles. The van der Waals surface area contributed by atoms with Gasteiger partial charge in [-0.3, -0.25) is 4.72 Å². The summed E-state index contributed by atoms with van der Waals surface area (Å²) >= 11 is 1.02. The monoisotopic (exact) mass is 498 g/mol. The second kappa shape index (κ2) is 9.16. The summed E-state index contributed by atoms with van der Waals surface area (Å²) < 4.78 is 79.6. The van der Waals surface area contributed by atoms with E-state index in [1.54, 1.807) is 11.4 Å². The summed E-state index contributed by atoms with van der Waals surface area (Å²) in [4.78, 5) is -0.0882. The topological polar surface area (TPSA) is 102 Å². The van der Waals surface area contributed by atoms with Crippen LogP contribution in [0.4, 0.5) is 10.1 Å². The van der Waals surface area contributed by atoms with Crippen molar-refractivity contribution in [2.75, 3.05) is 31.0 Å². The summed E-state index contributed by atoms with van der Waals surface area (Å²) in [6.07, 6.45) is 0. The molecular weight excluding hydrogens is 479 g/mol. The Labute approximate surface area is 189 Å². The van der Waals surface area contributed by atoms with Gasteiger partial charge >= 0.3 is 0 Å². The van der Waals surface area contributed by atoms with Crippen LogP contribution in [0.2, 0.25) is 0 Å². The fourth-order valence-corrected chi connectivity index (χ4v) is 6.50. The molecule has 0 aliphatic carbocycles. The average molecular weight is 499 g/mol. The van der Waals surface area contributed by atoms with Crippen LogP contribution >= 0.6 is 11.3 Å². The van der Waals surface area contributed by atoms with Gasteiger partial charge in [0.25, 0.3) is 10.0 Å². The molecule has 0 bridgehead atoms. The van der Waals surface area contributed by atoms with Crippen LogP contribution < -0.4 is 9.46 Å². The van der Waals surface area contributed by atoms with Crippen molar-refractivity contribution >= 4 is 37.1 Å². The molecule has 2 aromatic carbocycles. The molecule has 4 rings (SSSR count). The molecule has 1 fully saturated rings. The second-order valence-electron chi connectivity index (χ2n) is 6.77. The molecule has 3 aromatic rings. The molecule has 170 valence electrons. The second-order valence-corrected chi connectivity index (χ2v) is 11.6.